The zero-order chi connectivity index (χ0) is 14.6. The van der Waals surface area contributed by atoms with Gasteiger partial charge in [0.25, 0.3) is 5.91 Å². The first-order valence-electron chi connectivity index (χ1n) is 6.25. The summed E-state index contributed by atoms with van der Waals surface area (Å²) in [5.74, 6) is -0.793. The lowest BCUT2D eigenvalue weighted by Crippen LogP contribution is -2.56. The summed E-state index contributed by atoms with van der Waals surface area (Å²) in [6.45, 7) is 5.57. The Balaban J connectivity index is 3.07. The standard InChI is InChI=1S/C14H19FN2OS/c1-4-14(5-2,13(16)19)17-12(18)11-8-10(15)7-6-9(11)3/h6-8H,4-5H2,1-3H3,(H2,16,19)(H,17,18). The molecule has 0 saturated carbocycles. The Morgan fingerprint density at radius 3 is 2.47 bits per heavy atom. The number of hydrogen-bond acceptors (Lipinski definition) is 2. The summed E-state index contributed by atoms with van der Waals surface area (Å²) in [6, 6.07) is 4.12. The van der Waals surface area contributed by atoms with Gasteiger partial charge < -0.3 is 11.1 Å². The van der Waals surface area contributed by atoms with Crippen molar-refractivity contribution < 1.29 is 9.18 Å². The number of aryl methyl sites for hydroxylation is 1. The minimum Gasteiger partial charge on any atom is -0.391 e. The van der Waals surface area contributed by atoms with Gasteiger partial charge in [-0.2, -0.15) is 0 Å². The first-order valence-corrected chi connectivity index (χ1v) is 6.65. The number of rotatable bonds is 5. The van der Waals surface area contributed by atoms with Gasteiger partial charge in [-0.1, -0.05) is 32.1 Å². The van der Waals surface area contributed by atoms with E-state index in [9.17, 15) is 9.18 Å². The van der Waals surface area contributed by atoms with E-state index in [1.165, 1.54) is 12.1 Å². The number of thiocarbonyl (C=S) groups is 1. The van der Waals surface area contributed by atoms with Gasteiger partial charge in [0.15, 0.2) is 0 Å². The maximum Gasteiger partial charge on any atom is 0.252 e. The average Bonchev–Trinajstić information content (AvgIpc) is 2.38. The highest BCUT2D eigenvalue weighted by Crippen LogP contribution is 2.18. The van der Waals surface area contributed by atoms with Crippen LogP contribution in [0.5, 0.6) is 0 Å². The molecule has 0 aliphatic rings. The molecule has 0 fully saturated rings. The second-order valence-corrected chi connectivity index (χ2v) is 5.01. The summed E-state index contributed by atoms with van der Waals surface area (Å²) >= 11 is 5.04. The lowest BCUT2D eigenvalue weighted by Gasteiger charge is -2.32. The number of amides is 1. The van der Waals surface area contributed by atoms with Crippen LogP contribution in [0.15, 0.2) is 18.2 Å². The fourth-order valence-corrected chi connectivity index (χ4v) is 2.30. The first kappa shape index (κ1) is 15.6. The molecule has 0 saturated heterocycles. The van der Waals surface area contributed by atoms with Crippen LogP contribution in [0.4, 0.5) is 4.39 Å². The molecule has 0 bridgehead atoms. The molecule has 0 atom stereocenters. The van der Waals surface area contributed by atoms with Crippen LogP contribution in [0.25, 0.3) is 0 Å². The van der Waals surface area contributed by atoms with Gasteiger partial charge >= 0.3 is 0 Å². The predicted octanol–water partition coefficient (Wildman–Crippen LogP) is 2.71. The van der Waals surface area contributed by atoms with Crippen molar-refractivity contribution in [3.8, 4) is 0 Å². The monoisotopic (exact) mass is 282 g/mol. The van der Waals surface area contributed by atoms with Crippen LogP contribution < -0.4 is 11.1 Å². The fourth-order valence-electron chi connectivity index (χ4n) is 1.96. The summed E-state index contributed by atoms with van der Waals surface area (Å²) in [5, 5.41) is 2.84. The molecule has 104 valence electrons. The molecular weight excluding hydrogens is 263 g/mol. The molecule has 0 aliphatic carbocycles. The number of nitrogens with two attached hydrogens (primary N) is 1. The summed E-state index contributed by atoms with van der Waals surface area (Å²) in [4.78, 5) is 12.5. The van der Waals surface area contributed by atoms with E-state index in [1.807, 2.05) is 13.8 Å². The van der Waals surface area contributed by atoms with Gasteiger partial charge in [-0.25, -0.2) is 4.39 Å². The zero-order valence-electron chi connectivity index (χ0n) is 11.4. The molecule has 1 rings (SSSR count). The molecule has 19 heavy (non-hydrogen) atoms. The number of hydrogen-bond donors (Lipinski definition) is 2. The van der Waals surface area contributed by atoms with Crippen LogP contribution in [-0.2, 0) is 0 Å². The summed E-state index contributed by atoms with van der Waals surface area (Å²) < 4.78 is 13.2. The Morgan fingerprint density at radius 2 is 2.00 bits per heavy atom. The van der Waals surface area contributed by atoms with E-state index >= 15 is 0 Å². The number of carbonyl (C=O) groups is 1. The Labute approximate surface area is 118 Å². The Hall–Kier alpha value is -1.49. The number of carbonyl (C=O) groups excluding carboxylic acids is 1. The molecule has 1 aromatic rings. The molecule has 0 spiro atoms. The molecule has 5 heteroatoms. The van der Waals surface area contributed by atoms with Crippen molar-refractivity contribution in [2.45, 2.75) is 39.2 Å². The maximum absolute atomic E-state index is 13.2. The highest BCUT2D eigenvalue weighted by molar-refractivity contribution is 7.80. The van der Waals surface area contributed by atoms with Crippen molar-refractivity contribution in [1.82, 2.24) is 5.32 Å². The molecule has 1 amide bonds. The van der Waals surface area contributed by atoms with E-state index in [2.05, 4.69) is 5.32 Å². The smallest absolute Gasteiger partial charge is 0.252 e. The quantitative estimate of drug-likeness (QED) is 0.816. The highest BCUT2D eigenvalue weighted by atomic mass is 32.1. The largest absolute Gasteiger partial charge is 0.391 e. The number of benzene rings is 1. The van der Waals surface area contributed by atoms with Crippen molar-refractivity contribution in [3.05, 3.63) is 35.1 Å². The van der Waals surface area contributed by atoms with Crippen molar-refractivity contribution in [2.24, 2.45) is 5.73 Å². The Bertz CT molecular complexity index is 498. The van der Waals surface area contributed by atoms with E-state index in [1.54, 1.807) is 13.0 Å². The van der Waals surface area contributed by atoms with E-state index in [0.717, 1.165) is 0 Å². The van der Waals surface area contributed by atoms with Gasteiger partial charge in [0.2, 0.25) is 0 Å². The average molecular weight is 282 g/mol. The molecule has 1 aromatic carbocycles. The molecular formula is C14H19FN2OS. The van der Waals surface area contributed by atoms with Gasteiger partial charge in [0.05, 0.1) is 10.5 Å². The molecule has 0 aromatic heterocycles. The minimum atomic E-state index is -0.717. The van der Waals surface area contributed by atoms with Gasteiger partial charge in [0.1, 0.15) is 5.82 Å². The van der Waals surface area contributed by atoms with Gasteiger partial charge in [0, 0.05) is 5.56 Å². The molecule has 0 radical (unpaired) electrons. The van der Waals surface area contributed by atoms with Crippen molar-refractivity contribution in [2.75, 3.05) is 0 Å². The second-order valence-electron chi connectivity index (χ2n) is 4.57. The predicted molar refractivity (Wildman–Crippen MR) is 78.7 cm³/mol. The normalized spacial score (nSPS) is 11.2. The third kappa shape index (κ3) is 3.29. The first-order chi connectivity index (χ1) is 8.86. The van der Waals surface area contributed by atoms with Crippen molar-refractivity contribution >= 4 is 23.1 Å². The van der Waals surface area contributed by atoms with E-state index < -0.39 is 11.4 Å². The van der Waals surface area contributed by atoms with Gasteiger partial charge in [-0.15, -0.1) is 0 Å². The SMILES string of the molecule is CCC(CC)(NC(=O)c1cc(F)ccc1C)C(N)=S. The zero-order valence-corrected chi connectivity index (χ0v) is 12.2. The second kappa shape index (κ2) is 6.10. The molecule has 0 unspecified atom stereocenters. The van der Waals surface area contributed by atoms with Crippen molar-refractivity contribution in [1.29, 1.82) is 0 Å². The number of halogens is 1. The van der Waals surface area contributed by atoms with Crippen LogP contribution in [-0.4, -0.2) is 16.4 Å². The van der Waals surface area contributed by atoms with Crippen LogP contribution in [0.2, 0.25) is 0 Å². The van der Waals surface area contributed by atoms with Crippen LogP contribution in [0.3, 0.4) is 0 Å². The molecule has 0 aliphatic heterocycles. The lowest BCUT2D eigenvalue weighted by atomic mass is 9.92. The van der Waals surface area contributed by atoms with Crippen LogP contribution in [0, 0.1) is 12.7 Å². The molecule has 3 nitrogen and oxygen atoms in total. The lowest BCUT2D eigenvalue weighted by molar-refractivity contribution is 0.0918. The summed E-state index contributed by atoms with van der Waals surface area (Å²) in [6.07, 6.45) is 1.19. The van der Waals surface area contributed by atoms with E-state index in [0.29, 0.717) is 24.0 Å². The fraction of sp³-hybridized carbons (Fsp3) is 0.429. The molecule has 3 N–H and O–H groups in total. The van der Waals surface area contributed by atoms with Gasteiger partial charge in [-0.05, 0) is 37.5 Å². The van der Waals surface area contributed by atoms with E-state index in [-0.39, 0.29) is 10.9 Å². The summed E-state index contributed by atoms with van der Waals surface area (Å²) in [7, 11) is 0. The number of nitrogens with one attached hydrogen (secondary N) is 1. The Kier molecular flexibility index (Phi) is 5.00. The molecule has 0 heterocycles. The van der Waals surface area contributed by atoms with Crippen molar-refractivity contribution in [3.63, 3.8) is 0 Å². The topological polar surface area (TPSA) is 55.1 Å². The third-order valence-electron chi connectivity index (χ3n) is 3.48. The van der Waals surface area contributed by atoms with E-state index in [4.69, 9.17) is 18.0 Å². The third-order valence-corrected chi connectivity index (χ3v) is 3.87. The van der Waals surface area contributed by atoms with Crippen LogP contribution >= 0.6 is 12.2 Å². The highest BCUT2D eigenvalue weighted by Gasteiger charge is 2.32. The minimum absolute atomic E-state index is 0.250. The Morgan fingerprint density at radius 1 is 1.42 bits per heavy atom. The van der Waals surface area contributed by atoms with Crippen LogP contribution in [0.1, 0.15) is 42.6 Å². The maximum atomic E-state index is 13.2. The van der Waals surface area contributed by atoms with Gasteiger partial charge in [-0.3, -0.25) is 4.79 Å². The summed E-state index contributed by atoms with van der Waals surface area (Å²) in [5.41, 5.74) is 6.03.